The Kier molecular flexibility index (Phi) is 4.47. The Morgan fingerprint density at radius 1 is 1.30 bits per heavy atom. The second-order valence-electron chi connectivity index (χ2n) is 5.05. The molecule has 2 aromatic rings. The van der Waals surface area contributed by atoms with Crippen LogP contribution in [0.25, 0.3) is 0 Å². The second-order valence-corrected chi connectivity index (χ2v) is 5.43. The van der Waals surface area contributed by atoms with Crippen LogP contribution < -0.4 is 10.2 Å². The van der Waals surface area contributed by atoms with Crippen molar-refractivity contribution in [3.8, 4) is 6.01 Å². The normalized spacial score (nSPS) is 13.9. The lowest BCUT2D eigenvalue weighted by atomic mass is 10.4. The molecule has 1 saturated heterocycles. The smallest absolute Gasteiger partial charge is 0.323 e. The molecule has 10 heteroatoms. The average molecular weight is 339 g/mol. The summed E-state index contributed by atoms with van der Waals surface area (Å²) in [6, 6.07) is 3.13. The van der Waals surface area contributed by atoms with Crippen LogP contribution in [0, 0.1) is 6.92 Å². The quantitative estimate of drug-likeness (QED) is 0.501. The first-order valence-electron chi connectivity index (χ1n) is 7.07. The molecule has 0 saturated carbocycles. The number of nitrogens with one attached hydrogen (secondary N) is 2. The number of H-pyrrole nitrogens is 1. The van der Waals surface area contributed by atoms with E-state index in [2.05, 4.69) is 25.5 Å². The summed E-state index contributed by atoms with van der Waals surface area (Å²) in [6.45, 7) is 3.19. The van der Waals surface area contributed by atoms with Crippen molar-refractivity contribution in [2.45, 2.75) is 19.8 Å². The molecule has 1 aliphatic heterocycles. The van der Waals surface area contributed by atoms with Gasteiger partial charge in [0, 0.05) is 30.9 Å². The summed E-state index contributed by atoms with van der Waals surface area (Å²) in [5, 5.41) is 9.90. The molecule has 2 N–H and O–H groups in total. The van der Waals surface area contributed by atoms with Gasteiger partial charge in [-0.05, 0) is 19.8 Å². The number of aryl methyl sites for hydroxylation is 1. The number of carbonyl (C=O) groups is 1. The minimum absolute atomic E-state index is 0.141. The third kappa shape index (κ3) is 4.01. The van der Waals surface area contributed by atoms with Crippen LogP contribution in [-0.2, 0) is 4.89 Å². The summed E-state index contributed by atoms with van der Waals surface area (Å²) >= 11 is 5.91. The van der Waals surface area contributed by atoms with Gasteiger partial charge in [0.15, 0.2) is 5.82 Å². The first-order chi connectivity index (χ1) is 11.1. The van der Waals surface area contributed by atoms with E-state index >= 15 is 0 Å². The first-order valence-corrected chi connectivity index (χ1v) is 7.45. The molecule has 0 bridgehead atoms. The summed E-state index contributed by atoms with van der Waals surface area (Å²) in [5.41, 5.74) is 0.892. The number of anilines is 2. The Morgan fingerprint density at radius 3 is 2.78 bits per heavy atom. The van der Waals surface area contributed by atoms with E-state index in [4.69, 9.17) is 21.4 Å². The highest BCUT2D eigenvalue weighted by molar-refractivity contribution is 6.29. The number of aromatic amines is 1. The molecule has 1 fully saturated rings. The van der Waals surface area contributed by atoms with Crippen LogP contribution in [0.2, 0.25) is 5.15 Å². The topological polar surface area (TPSA) is 105 Å². The fraction of sp³-hybridized carbons (Fsp3) is 0.385. The van der Waals surface area contributed by atoms with Gasteiger partial charge >= 0.3 is 12.1 Å². The maximum Gasteiger partial charge on any atom is 0.453 e. The molecule has 0 radical (unpaired) electrons. The molecule has 3 heterocycles. The van der Waals surface area contributed by atoms with Gasteiger partial charge in [0.25, 0.3) is 0 Å². The number of rotatable bonds is 4. The number of halogens is 1. The van der Waals surface area contributed by atoms with Crippen molar-refractivity contribution in [1.29, 1.82) is 0 Å². The van der Waals surface area contributed by atoms with Crippen LogP contribution in [0.3, 0.4) is 0 Å². The molecule has 0 aromatic carbocycles. The Balaban J connectivity index is 1.64. The third-order valence-corrected chi connectivity index (χ3v) is 3.38. The summed E-state index contributed by atoms with van der Waals surface area (Å²) in [4.78, 5) is 30.8. The number of aromatic nitrogens is 4. The number of likely N-dealkylation sites (tertiary alicyclic amines) is 1. The van der Waals surface area contributed by atoms with Crippen LogP contribution in [0.4, 0.5) is 16.4 Å². The zero-order valence-corrected chi connectivity index (χ0v) is 13.1. The predicted molar refractivity (Wildman–Crippen MR) is 81.6 cm³/mol. The van der Waals surface area contributed by atoms with E-state index in [-0.39, 0.29) is 11.2 Å². The monoisotopic (exact) mass is 338 g/mol. The van der Waals surface area contributed by atoms with Crippen LogP contribution in [0.5, 0.6) is 6.01 Å². The molecule has 122 valence electrons. The van der Waals surface area contributed by atoms with Gasteiger partial charge in [0.2, 0.25) is 0 Å². The molecule has 23 heavy (non-hydrogen) atoms. The summed E-state index contributed by atoms with van der Waals surface area (Å²) < 4.78 is 0. The molecule has 0 atom stereocenters. The van der Waals surface area contributed by atoms with Crippen LogP contribution in [0.1, 0.15) is 18.5 Å². The van der Waals surface area contributed by atoms with Gasteiger partial charge in [0.05, 0.1) is 0 Å². The maximum atomic E-state index is 11.7. The Morgan fingerprint density at radius 2 is 2.09 bits per heavy atom. The summed E-state index contributed by atoms with van der Waals surface area (Å²) in [5.74, 6) is 0.931. The second kappa shape index (κ2) is 6.69. The minimum Gasteiger partial charge on any atom is -0.323 e. The average Bonchev–Trinajstić information content (AvgIpc) is 3.16. The van der Waals surface area contributed by atoms with Gasteiger partial charge in [0.1, 0.15) is 11.0 Å². The Bertz CT molecular complexity index is 701. The van der Waals surface area contributed by atoms with E-state index in [0.717, 1.165) is 18.5 Å². The van der Waals surface area contributed by atoms with Gasteiger partial charge in [-0.25, -0.2) is 14.6 Å². The fourth-order valence-electron chi connectivity index (χ4n) is 2.14. The van der Waals surface area contributed by atoms with Crippen molar-refractivity contribution >= 4 is 29.3 Å². The van der Waals surface area contributed by atoms with Gasteiger partial charge < -0.3 is 10.2 Å². The number of amides is 1. The van der Waals surface area contributed by atoms with Crippen molar-refractivity contribution < 1.29 is 14.6 Å². The molecule has 0 unspecified atom stereocenters. The molecule has 1 aliphatic rings. The van der Waals surface area contributed by atoms with E-state index in [1.807, 2.05) is 6.92 Å². The lowest BCUT2D eigenvalue weighted by Crippen LogP contribution is -2.29. The number of hydrogen-bond acceptors (Lipinski definition) is 7. The molecule has 9 nitrogen and oxygen atoms in total. The SMILES string of the molecule is Cc1cc(Nc2cc(Cl)nc(OOC(=O)N3CCCC3)n2)n[nH]1. The number of nitrogens with zero attached hydrogens (tertiary/aromatic N) is 4. The van der Waals surface area contributed by atoms with Crippen molar-refractivity contribution in [3.05, 3.63) is 23.0 Å². The van der Waals surface area contributed by atoms with E-state index in [1.54, 1.807) is 11.0 Å². The van der Waals surface area contributed by atoms with Crippen LogP contribution >= 0.6 is 11.6 Å². The Labute approximate surface area is 136 Å². The molecular weight excluding hydrogens is 324 g/mol. The minimum atomic E-state index is -0.566. The standard InChI is InChI=1S/C13H15ClN6O3/c1-8-6-11(19-18-8)16-10-7-9(14)15-12(17-10)22-23-13(21)20-4-2-3-5-20/h6-7H,2-5H2,1H3,(H2,15,16,17,18,19). The summed E-state index contributed by atoms with van der Waals surface area (Å²) in [6.07, 6.45) is 1.35. The van der Waals surface area contributed by atoms with Gasteiger partial charge in [-0.2, -0.15) is 15.1 Å². The molecule has 1 amide bonds. The molecule has 3 rings (SSSR count). The fourth-order valence-corrected chi connectivity index (χ4v) is 2.31. The van der Waals surface area contributed by atoms with Crippen molar-refractivity contribution in [2.24, 2.45) is 0 Å². The third-order valence-electron chi connectivity index (χ3n) is 3.19. The van der Waals surface area contributed by atoms with Crippen LogP contribution in [0.15, 0.2) is 12.1 Å². The van der Waals surface area contributed by atoms with Gasteiger partial charge in [-0.15, -0.1) is 0 Å². The maximum absolute atomic E-state index is 11.7. The number of carbonyl (C=O) groups excluding carboxylic acids is 1. The van der Waals surface area contributed by atoms with E-state index in [0.29, 0.717) is 24.7 Å². The lowest BCUT2D eigenvalue weighted by molar-refractivity contribution is -0.159. The zero-order valence-electron chi connectivity index (χ0n) is 12.4. The van der Waals surface area contributed by atoms with Gasteiger partial charge in [-0.3, -0.25) is 5.10 Å². The van der Waals surface area contributed by atoms with E-state index < -0.39 is 6.09 Å². The van der Waals surface area contributed by atoms with E-state index in [1.165, 1.54) is 6.07 Å². The van der Waals surface area contributed by atoms with Crippen molar-refractivity contribution in [3.63, 3.8) is 0 Å². The predicted octanol–water partition coefficient (Wildman–Crippen LogP) is 2.43. The summed E-state index contributed by atoms with van der Waals surface area (Å²) in [7, 11) is 0. The zero-order chi connectivity index (χ0) is 16.2. The first kappa shape index (κ1) is 15.3. The van der Waals surface area contributed by atoms with E-state index in [9.17, 15) is 4.79 Å². The molecule has 0 spiro atoms. The molecular formula is C13H15ClN6O3. The lowest BCUT2D eigenvalue weighted by Gasteiger charge is -2.13. The van der Waals surface area contributed by atoms with Gasteiger partial charge in [-0.1, -0.05) is 11.6 Å². The van der Waals surface area contributed by atoms with Crippen molar-refractivity contribution in [2.75, 3.05) is 18.4 Å². The molecule has 2 aromatic heterocycles. The highest BCUT2D eigenvalue weighted by atomic mass is 35.5. The largest absolute Gasteiger partial charge is 0.453 e. The highest BCUT2D eigenvalue weighted by Gasteiger charge is 2.21. The van der Waals surface area contributed by atoms with Crippen molar-refractivity contribution in [1.82, 2.24) is 25.1 Å². The van der Waals surface area contributed by atoms with Crippen LogP contribution in [-0.4, -0.2) is 44.2 Å². The Hall–Kier alpha value is -2.55. The highest BCUT2D eigenvalue weighted by Crippen LogP contribution is 2.19. The molecule has 0 aliphatic carbocycles. The number of hydrogen-bond donors (Lipinski definition) is 2.